The minimum atomic E-state index is -0.584. The van der Waals surface area contributed by atoms with Gasteiger partial charge in [0.25, 0.3) is 5.91 Å². The highest BCUT2D eigenvalue weighted by Crippen LogP contribution is 2.17. The van der Waals surface area contributed by atoms with E-state index < -0.39 is 5.63 Å². The lowest BCUT2D eigenvalue weighted by atomic mass is 10.1. The molecular formula is C16H19NO3. The van der Waals surface area contributed by atoms with Gasteiger partial charge < -0.3 is 9.73 Å². The molecule has 106 valence electrons. The number of unbranched alkanes of at least 4 members (excludes halogenated alkanes) is 2. The first-order chi connectivity index (χ1) is 9.63. The van der Waals surface area contributed by atoms with Crippen molar-refractivity contribution in [3.8, 4) is 0 Å². The van der Waals surface area contributed by atoms with Crippen molar-refractivity contribution in [1.82, 2.24) is 5.32 Å². The molecule has 4 nitrogen and oxygen atoms in total. The number of nitrogens with one attached hydrogen (secondary N) is 1. The molecule has 0 saturated heterocycles. The molecule has 0 aliphatic heterocycles. The van der Waals surface area contributed by atoms with Crippen LogP contribution in [0.1, 0.15) is 42.1 Å². The summed E-state index contributed by atoms with van der Waals surface area (Å²) in [5.74, 6) is -0.363. The summed E-state index contributed by atoms with van der Waals surface area (Å²) in [4.78, 5) is 23.9. The van der Waals surface area contributed by atoms with Crippen molar-refractivity contribution in [3.63, 3.8) is 0 Å². The zero-order valence-electron chi connectivity index (χ0n) is 11.9. The van der Waals surface area contributed by atoms with Crippen molar-refractivity contribution in [2.24, 2.45) is 0 Å². The fourth-order valence-corrected chi connectivity index (χ4v) is 2.12. The third-order valence-corrected chi connectivity index (χ3v) is 3.27. The lowest BCUT2D eigenvalue weighted by Gasteiger charge is -2.05. The second kappa shape index (κ2) is 6.37. The van der Waals surface area contributed by atoms with Gasteiger partial charge >= 0.3 is 5.63 Å². The van der Waals surface area contributed by atoms with Crippen molar-refractivity contribution in [2.75, 3.05) is 6.54 Å². The Morgan fingerprint density at radius 1 is 1.30 bits per heavy atom. The van der Waals surface area contributed by atoms with Crippen molar-refractivity contribution in [3.05, 3.63) is 45.8 Å². The number of carbonyl (C=O) groups excluding carboxylic acids is 1. The Kier molecular flexibility index (Phi) is 4.56. The van der Waals surface area contributed by atoms with Gasteiger partial charge in [0, 0.05) is 11.9 Å². The average Bonchev–Trinajstić information content (AvgIpc) is 2.44. The molecule has 1 aromatic heterocycles. The molecule has 4 heteroatoms. The summed E-state index contributed by atoms with van der Waals surface area (Å²) in [6.07, 6.45) is 3.07. The maximum absolute atomic E-state index is 12.0. The molecule has 1 amide bonds. The Labute approximate surface area is 117 Å². The summed E-state index contributed by atoms with van der Waals surface area (Å²) in [7, 11) is 0. The van der Waals surface area contributed by atoms with Crippen molar-refractivity contribution < 1.29 is 9.21 Å². The summed E-state index contributed by atoms with van der Waals surface area (Å²) in [6.45, 7) is 4.55. The van der Waals surface area contributed by atoms with E-state index in [-0.39, 0.29) is 11.5 Å². The predicted octanol–water partition coefficient (Wildman–Crippen LogP) is 3.02. The molecule has 1 N–H and O–H groups in total. The van der Waals surface area contributed by atoms with E-state index in [4.69, 9.17) is 4.42 Å². The lowest BCUT2D eigenvalue weighted by Crippen LogP contribution is -2.29. The van der Waals surface area contributed by atoms with Crippen LogP contribution in [-0.2, 0) is 0 Å². The fraction of sp³-hybridized carbons (Fsp3) is 0.375. The largest absolute Gasteiger partial charge is 0.422 e. The van der Waals surface area contributed by atoms with E-state index in [1.807, 2.05) is 25.1 Å². The van der Waals surface area contributed by atoms with Gasteiger partial charge in [-0.2, -0.15) is 0 Å². The first kappa shape index (κ1) is 14.3. The number of fused-ring (bicyclic) bond motifs is 1. The van der Waals surface area contributed by atoms with Gasteiger partial charge in [-0.25, -0.2) is 4.79 Å². The second-order valence-electron chi connectivity index (χ2n) is 4.90. The maximum Gasteiger partial charge on any atom is 0.349 e. The quantitative estimate of drug-likeness (QED) is 0.673. The van der Waals surface area contributed by atoms with Crippen molar-refractivity contribution >= 4 is 16.9 Å². The third kappa shape index (κ3) is 3.07. The molecule has 2 rings (SSSR count). The first-order valence-electron chi connectivity index (χ1n) is 6.95. The van der Waals surface area contributed by atoms with Crippen LogP contribution >= 0.6 is 0 Å². The van der Waals surface area contributed by atoms with Crippen LogP contribution in [0.5, 0.6) is 0 Å². The van der Waals surface area contributed by atoms with Crippen LogP contribution in [0.3, 0.4) is 0 Å². The Hall–Kier alpha value is -2.10. The molecule has 2 aromatic rings. The van der Waals surface area contributed by atoms with E-state index in [9.17, 15) is 9.59 Å². The summed E-state index contributed by atoms with van der Waals surface area (Å²) in [5.41, 5.74) is 0.911. The Balaban J connectivity index is 2.24. The monoisotopic (exact) mass is 273 g/mol. The highest BCUT2D eigenvalue weighted by Gasteiger charge is 2.13. The van der Waals surface area contributed by atoms with Gasteiger partial charge in [0.2, 0.25) is 0 Å². The van der Waals surface area contributed by atoms with Gasteiger partial charge in [-0.05, 0) is 25.0 Å². The molecule has 0 aliphatic rings. The minimum absolute atomic E-state index is 0.0691. The van der Waals surface area contributed by atoms with Crippen LogP contribution in [0, 0.1) is 6.92 Å². The van der Waals surface area contributed by atoms with E-state index in [0.29, 0.717) is 12.1 Å². The molecule has 0 radical (unpaired) electrons. The Morgan fingerprint density at radius 2 is 2.10 bits per heavy atom. The number of benzene rings is 1. The molecule has 0 bridgehead atoms. The fourth-order valence-electron chi connectivity index (χ4n) is 2.12. The van der Waals surface area contributed by atoms with Crippen LogP contribution in [0.15, 0.2) is 33.5 Å². The molecule has 1 aromatic carbocycles. The number of hydrogen-bond acceptors (Lipinski definition) is 3. The van der Waals surface area contributed by atoms with E-state index in [0.717, 1.165) is 30.2 Å². The highest BCUT2D eigenvalue weighted by molar-refractivity contribution is 5.96. The molecule has 0 fully saturated rings. The van der Waals surface area contributed by atoms with Crippen LogP contribution in [-0.4, -0.2) is 12.5 Å². The Morgan fingerprint density at radius 3 is 2.85 bits per heavy atom. The molecule has 0 aliphatic carbocycles. The number of para-hydroxylation sites is 1. The predicted molar refractivity (Wildman–Crippen MR) is 79.1 cm³/mol. The van der Waals surface area contributed by atoms with Crippen LogP contribution in [0.4, 0.5) is 0 Å². The maximum atomic E-state index is 12.0. The summed E-state index contributed by atoms with van der Waals surface area (Å²) in [5, 5.41) is 3.52. The molecule has 1 heterocycles. The SMILES string of the molecule is CCCCCNC(=O)c1cc2cccc(C)c2oc1=O. The molecule has 20 heavy (non-hydrogen) atoms. The standard InChI is InChI=1S/C16H19NO3/c1-3-4-5-9-17-15(18)13-10-12-8-6-7-11(2)14(12)20-16(13)19/h6-8,10H,3-5,9H2,1-2H3,(H,17,18). The highest BCUT2D eigenvalue weighted by atomic mass is 16.4. The molecular weight excluding hydrogens is 254 g/mol. The summed E-state index contributed by atoms with van der Waals surface area (Å²) < 4.78 is 5.26. The van der Waals surface area contributed by atoms with Gasteiger partial charge in [-0.3, -0.25) is 4.79 Å². The van der Waals surface area contributed by atoms with E-state index in [2.05, 4.69) is 12.2 Å². The van der Waals surface area contributed by atoms with Crippen molar-refractivity contribution in [1.29, 1.82) is 0 Å². The minimum Gasteiger partial charge on any atom is -0.422 e. The number of amides is 1. The molecule has 0 unspecified atom stereocenters. The van der Waals surface area contributed by atoms with Gasteiger partial charge in [-0.15, -0.1) is 0 Å². The van der Waals surface area contributed by atoms with Gasteiger partial charge in [-0.1, -0.05) is 38.0 Å². The third-order valence-electron chi connectivity index (χ3n) is 3.27. The van der Waals surface area contributed by atoms with Crippen LogP contribution in [0.2, 0.25) is 0 Å². The summed E-state index contributed by atoms with van der Waals surface area (Å²) in [6, 6.07) is 7.18. The number of aryl methyl sites for hydroxylation is 1. The number of carbonyl (C=O) groups is 1. The lowest BCUT2D eigenvalue weighted by molar-refractivity contribution is 0.0949. The molecule has 0 atom stereocenters. The first-order valence-corrected chi connectivity index (χ1v) is 6.95. The smallest absolute Gasteiger partial charge is 0.349 e. The normalized spacial score (nSPS) is 10.7. The van der Waals surface area contributed by atoms with E-state index in [1.165, 1.54) is 0 Å². The van der Waals surface area contributed by atoms with Gasteiger partial charge in [0.05, 0.1) is 0 Å². The van der Waals surface area contributed by atoms with Crippen LogP contribution in [0.25, 0.3) is 11.0 Å². The van der Waals surface area contributed by atoms with E-state index in [1.54, 1.807) is 6.07 Å². The van der Waals surface area contributed by atoms with E-state index >= 15 is 0 Å². The topological polar surface area (TPSA) is 59.3 Å². The van der Waals surface area contributed by atoms with Gasteiger partial charge in [0.1, 0.15) is 11.1 Å². The summed E-state index contributed by atoms with van der Waals surface area (Å²) >= 11 is 0. The van der Waals surface area contributed by atoms with Gasteiger partial charge in [0.15, 0.2) is 0 Å². The number of hydrogen-bond donors (Lipinski definition) is 1. The zero-order chi connectivity index (χ0) is 14.5. The number of rotatable bonds is 5. The molecule has 0 spiro atoms. The Bertz CT molecular complexity index is 673. The second-order valence-corrected chi connectivity index (χ2v) is 4.90. The molecule has 0 saturated carbocycles. The zero-order valence-corrected chi connectivity index (χ0v) is 11.9. The van der Waals surface area contributed by atoms with Crippen molar-refractivity contribution in [2.45, 2.75) is 33.1 Å². The van der Waals surface area contributed by atoms with Crippen LogP contribution < -0.4 is 10.9 Å². The average molecular weight is 273 g/mol.